The molecule has 5 nitrogen and oxygen atoms in total. The topological polar surface area (TPSA) is 58.6 Å². The number of hydrogen-bond donors (Lipinski definition) is 1. The summed E-state index contributed by atoms with van der Waals surface area (Å²) in [5.41, 5.74) is 3.89. The van der Waals surface area contributed by atoms with Gasteiger partial charge in [0, 0.05) is 16.7 Å². The number of ether oxygens (including phenoxy) is 1. The number of hydrogen-bond acceptors (Lipinski definition) is 3. The van der Waals surface area contributed by atoms with E-state index in [0.717, 1.165) is 33.3 Å². The SMILES string of the molecule is Cc1cc(Br)cc(C)c1N1CCCC(NC(=O)OCc2ccccc2)C1=O. The molecule has 0 aromatic heterocycles. The van der Waals surface area contributed by atoms with Crippen LogP contribution in [0.3, 0.4) is 0 Å². The van der Waals surface area contributed by atoms with Gasteiger partial charge in [0.15, 0.2) is 0 Å². The molecule has 1 heterocycles. The van der Waals surface area contributed by atoms with Gasteiger partial charge in [0.2, 0.25) is 5.91 Å². The van der Waals surface area contributed by atoms with Crippen molar-refractivity contribution >= 4 is 33.6 Å². The molecule has 1 atom stereocenters. The summed E-state index contributed by atoms with van der Waals surface area (Å²) in [5, 5.41) is 2.73. The standard InChI is InChI=1S/C21H23BrN2O3/c1-14-11-17(22)12-15(2)19(14)24-10-6-9-18(20(24)25)23-21(26)27-13-16-7-4-3-5-8-16/h3-5,7-8,11-12,18H,6,9-10,13H2,1-2H3,(H,23,26). The van der Waals surface area contributed by atoms with Crippen molar-refractivity contribution in [1.29, 1.82) is 0 Å². The number of carbonyl (C=O) groups is 2. The van der Waals surface area contributed by atoms with Gasteiger partial charge in [-0.15, -0.1) is 0 Å². The Morgan fingerprint density at radius 3 is 2.56 bits per heavy atom. The second-order valence-electron chi connectivity index (χ2n) is 6.78. The quantitative estimate of drug-likeness (QED) is 0.776. The molecule has 0 aliphatic carbocycles. The summed E-state index contributed by atoms with van der Waals surface area (Å²) < 4.78 is 6.25. The second kappa shape index (κ2) is 8.57. The van der Waals surface area contributed by atoms with E-state index in [0.29, 0.717) is 13.0 Å². The van der Waals surface area contributed by atoms with E-state index in [1.54, 1.807) is 4.90 Å². The van der Waals surface area contributed by atoms with E-state index in [-0.39, 0.29) is 12.5 Å². The zero-order chi connectivity index (χ0) is 19.4. The Morgan fingerprint density at radius 2 is 1.89 bits per heavy atom. The minimum atomic E-state index is -0.566. The van der Waals surface area contributed by atoms with Crippen LogP contribution in [0, 0.1) is 13.8 Å². The van der Waals surface area contributed by atoms with Crippen LogP contribution in [-0.2, 0) is 16.1 Å². The Bertz CT molecular complexity index is 816. The molecule has 6 heteroatoms. The van der Waals surface area contributed by atoms with E-state index in [9.17, 15) is 9.59 Å². The van der Waals surface area contributed by atoms with Crippen molar-refractivity contribution in [2.45, 2.75) is 39.3 Å². The number of halogens is 1. The molecular weight excluding hydrogens is 408 g/mol. The van der Waals surface area contributed by atoms with E-state index in [1.807, 2.05) is 56.3 Å². The highest BCUT2D eigenvalue weighted by Gasteiger charge is 2.32. The Morgan fingerprint density at radius 1 is 1.22 bits per heavy atom. The van der Waals surface area contributed by atoms with Crippen molar-refractivity contribution < 1.29 is 14.3 Å². The van der Waals surface area contributed by atoms with Crippen molar-refractivity contribution in [2.24, 2.45) is 0 Å². The maximum atomic E-state index is 13.0. The molecule has 27 heavy (non-hydrogen) atoms. The average Bonchev–Trinajstić information content (AvgIpc) is 2.63. The van der Waals surface area contributed by atoms with Crippen LogP contribution in [-0.4, -0.2) is 24.6 Å². The fourth-order valence-electron chi connectivity index (χ4n) is 3.47. The molecule has 1 aliphatic rings. The molecule has 0 saturated carbocycles. The van der Waals surface area contributed by atoms with Crippen LogP contribution in [0.15, 0.2) is 46.9 Å². The summed E-state index contributed by atoms with van der Waals surface area (Å²) >= 11 is 3.49. The summed E-state index contributed by atoms with van der Waals surface area (Å²) in [5.74, 6) is -0.0913. The third-order valence-electron chi connectivity index (χ3n) is 4.67. The van der Waals surface area contributed by atoms with Crippen LogP contribution in [0.4, 0.5) is 10.5 Å². The van der Waals surface area contributed by atoms with Crippen molar-refractivity contribution in [3.63, 3.8) is 0 Å². The Labute approximate surface area is 167 Å². The summed E-state index contributed by atoms with van der Waals surface area (Å²) in [4.78, 5) is 26.9. The Hall–Kier alpha value is -2.34. The molecule has 0 bridgehead atoms. The zero-order valence-electron chi connectivity index (χ0n) is 15.5. The van der Waals surface area contributed by atoms with E-state index in [1.165, 1.54) is 0 Å². The van der Waals surface area contributed by atoms with E-state index in [4.69, 9.17) is 4.74 Å². The smallest absolute Gasteiger partial charge is 0.408 e. The molecule has 1 unspecified atom stereocenters. The van der Waals surface area contributed by atoms with Crippen LogP contribution in [0.2, 0.25) is 0 Å². The maximum Gasteiger partial charge on any atom is 0.408 e. The first-order valence-corrected chi connectivity index (χ1v) is 9.80. The number of aryl methyl sites for hydroxylation is 2. The fourth-order valence-corrected chi connectivity index (χ4v) is 4.15. The van der Waals surface area contributed by atoms with Gasteiger partial charge in [-0.1, -0.05) is 46.3 Å². The highest BCUT2D eigenvalue weighted by molar-refractivity contribution is 9.10. The monoisotopic (exact) mass is 430 g/mol. The molecule has 1 N–H and O–H groups in total. The molecule has 1 saturated heterocycles. The van der Waals surface area contributed by atoms with Crippen LogP contribution in [0.25, 0.3) is 0 Å². The van der Waals surface area contributed by atoms with Crippen molar-refractivity contribution in [2.75, 3.05) is 11.4 Å². The highest BCUT2D eigenvalue weighted by atomic mass is 79.9. The lowest BCUT2D eigenvalue weighted by Gasteiger charge is -2.34. The van der Waals surface area contributed by atoms with Gasteiger partial charge >= 0.3 is 6.09 Å². The zero-order valence-corrected chi connectivity index (χ0v) is 17.1. The molecule has 0 spiro atoms. The fraction of sp³-hybridized carbons (Fsp3) is 0.333. The predicted molar refractivity (Wildman–Crippen MR) is 109 cm³/mol. The van der Waals surface area contributed by atoms with Gasteiger partial charge in [-0.05, 0) is 55.5 Å². The van der Waals surface area contributed by atoms with Gasteiger partial charge in [0.05, 0.1) is 0 Å². The molecule has 2 aromatic rings. The number of rotatable bonds is 4. The number of amides is 2. The number of benzene rings is 2. The van der Waals surface area contributed by atoms with Gasteiger partial charge in [-0.3, -0.25) is 4.79 Å². The minimum absolute atomic E-state index is 0.0913. The second-order valence-corrected chi connectivity index (χ2v) is 7.69. The van der Waals surface area contributed by atoms with Gasteiger partial charge in [-0.2, -0.15) is 0 Å². The van der Waals surface area contributed by atoms with E-state index >= 15 is 0 Å². The number of nitrogens with one attached hydrogen (secondary N) is 1. The van der Waals surface area contributed by atoms with Crippen molar-refractivity contribution in [1.82, 2.24) is 5.32 Å². The maximum absolute atomic E-state index is 13.0. The predicted octanol–water partition coefficient (Wildman–Crippen LogP) is 4.49. The molecule has 142 valence electrons. The lowest BCUT2D eigenvalue weighted by molar-refractivity contribution is -0.121. The molecule has 2 amide bonds. The van der Waals surface area contributed by atoms with Gasteiger partial charge in [0.1, 0.15) is 12.6 Å². The van der Waals surface area contributed by atoms with E-state index in [2.05, 4.69) is 21.2 Å². The number of alkyl carbamates (subject to hydrolysis) is 1. The first kappa shape index (κ1) is 19.4. The van der Waals surface area contributed by atoms with Crippen molar-refractivity contribution in [3.8, 4) is 0 Å². The van der Waals surface area contributed by atoms with Gasteiger partial charge < -0.3 is 15.0 Å². The lowest BCUT2D eigenvalue weighted by Crippen LogP contribution is -2.52. The molecule has 1 fully saturated rings. The van der Waals surface area contributed by atoms with Gasteiger partial charge in [0.25, 0.3) is 0 Å². The lowest BCUT2D eigenvalue weighted by atomic mass is 10.0. The number of piperidine rings is 1. The Kier molecular flexibility index (Phi) is 6.16. The minimum Gasteiger partial charge on any atom is -0.445 e. The highest BCUT2D eigenvalue weighted by Crippen LogP contribution is 2.31. The first-order valence-electron chi connectivity index (χ1n) is 9.01. The largest absolute Gasteiger partial charge is 0.445 e. The third-order valence-corrected chi connectivity index (χ3v) is 5.13. The summed E-state index contributed by atoms with van der Waals surface area (Å²) in [6, 6.07) is 12.9. The van der Waals surface area contributed by atoms with Gasteiger partial charge in [-0.25, -0.2) is 4.79 Å². The molecule has 0 radical (unpaired) electrons. The Balaban J connectivity index is 1.65. The molecule has 2 aromatic carbocycles. The van der Waals surface area contributed by atoms with Crippen LogP contribution < -0.4 is 10.2 Å². The van der Waals surface area contributed by atoms with E-state index < -0.39 is 12.1 Å². The number of nitrogens with zero attached hydrogens (tertiary/aromatic N) is 1. The average molecular weight is 431 g/mol. The van der Waals surface area contributed by atoms with Crippen LogP contribution >= 0.6 is 15.9 Å². The summed E-state index contributed by atoms with van der Waals surface area (Å²) in [7, 11) is 0. The molecule has 3 rings (SSSR count). The third kappa shape index (κ3) is 4.69. The summed E-state index contributed by atoms with van der Waals surface area (Å²) in [6.45, 7) is 4.82. The van der Waals surface area contributed by atoms with Crippen LogP contribution in [0.1, 0.15) is 29.5 Å². The number of anilines is 1. The van der Waals surface area contributed by atoms with Crippen LogP contribution in [0.5, 0.6) is 0 Å². The number of carbonyl (C=O) groups excluding carboxylic acids is 2. The molecule has 1 aliphatic heterocycles. The first-order chi connectivity index (χ1) is 13.0. The molecular formula is C21H23BrN2O3. The summed E-state index contributed by atoms with van der Waals surface area (Å²) in [6.07, 6.45) is 0.873. The normalized spacial score (nSPS) is 16.9. The van der Waals surface area contributed by atoms with Crippen molar-refractivity contribution in [3.05, 3.63) is 63.6 Å².